The van der Waals surface area contributed by atoms with Crippen LogP contribution in [0, 0.1) is 0 Å². The molecule has 23 heavy (non-hydrogen) atoms. The number of hydrogen-bond acceptors (Lipinski definition) is 4. The van der Waals surface area contributed by atoms with Gasteiger partial charge in [-0.25, -0.2) is 8.42 Å². The van der Waals surface area contributed by atoms with Gasteiger partial charge in [-0.2, -0.15) is 0 Å². The van der Waals surface area contributed by atoms with Gasteiger partial charge in [0.15, 0.2) is 9.84 Å². The molecule has 0 N–H and O–H groups in total. The highest BCUT2D eigenvalue weighted by molar-refractivity contribution is 7.91. The molecule has 1 aromatic carbocycles. The van der Waals surface area contributed by atoms with Crippen molar-refractivity contribution in [3.63, 3.8) is 0 Å². The molecule has 0 radical (unpaired) electrons. The molecule has 1 aliphatic rings. The molecule has 7 heteroatoms. The van der Waals surface area contributed by atoms with E-state index in [1.54, 1.807) is 41.3 Å². The second-order valence-electron chi connectivity index (χ2n) is 5.61. The average Bonchev–Trinajstić information content (AvgIpc) is 2.91. The largest absolute Gasteiger partial charge is 0.468 e. The van der Waals surface area contributed by atoms with E-state index in [1.165, 1.54) is 6.26 Å². The van der Waals surface area contributed by atoms with Gasteiger partial charge in [-0.15, -0.1) is 0 Å². The van der Waals surface area contributed by atoms with Crippen molar-refractivity contribution >= 4 is 27.3 Å². The highest BCUT2D eigenvalue weighted by Gasteiger charge is 2.39. The highest BCUT2D eigenvalue weighted by atomic mass is 35.5. The van der Waals surface area contributed by atoms with Crippen molar-refractivity contribution in [3.8, 4) is 0 Å². The van der Waals surface area contributed by atoms with Gasteiger partial charge < -0.3 is 9.32 Å². The van der Waals surface area contributed by atoms with Gasteiger partial charge in [0, 0.05) is 18.1 Å². The number of nitrogens with zero attached hydrogens (tertiary/aromatic N) is 1. The molecule has 0 atom stereocenters. The number of likely N-dealkylation sites (tertiary alicyclic amines) is 1. The lowest BCUT2D eigenvalue weighted by atomic mass is 10.1. The van der Waals surface area contributed by atoms with Gasteiger partial charge in [-0.1, -0.05) is 23.7 Å². The number of rotatable bonds is 5. The SMILES string of the molecule is O=C(Cc1ccc(Cl)cc1)N1CC(S(=O)(=O)Cc2ccco2)C1. The maximum atomic E-state index is 12.2. The van der Waals surface area contributed by atoms with Crippen LogP contribution in [0.5, 0.6) is 0 Å². The van der Waals surface area contributed by atoms with Gasteiger partial charge in [-0.05, 0) is 29.8 Å². The number of carbonyl (C=O) groups excluding carboxylic acids is 1. The van der Waals surface area contributed by atoms with E-state index in [2.05, 4.69) is 0 Å². The minimum Gasteiger partial charge on any atom is -0.468 e. The van der Waals surface area contributed by atoms with Crippen LogP contribution in [0.4, 0.5) is 0 Å². The molecule has 1 aliphatic heterocycles. The number of benzene rings is 1. The molecule has 1 fully saturated rings. The standard InChI is InChI=1S/C16H16ClNO4S/c17-13-5-3-12(4-6-13)8-16(19)18-9-15(10-18)23(20,21)11-14-2-1-7-22-14/h1-7,15H,8-11H2. The lowest BCUT2D eigenvalue weighted by Crippen LogP contribution is -2.57. The van der Waals surface area contributed by atoms with E-state index in [0.29, 0.717) is 10.8 Å². The highest BCUT2D eigenvalue weighted by Crippen LogP contribution is 2.22. The molecular weight excluding hydrogens is 338 g/mol. The molecule has 2 aromatic rings. The first-order valence-electron chi connectivity index (χ1n) is 7.20. The van der Waals surface area contributed by atoms with Crippen molar-refractivity contribution < 1.29 is 17.6 Å². The van der Waals surface area contributed by atoms with E-state index in [-0.39, 0.29) is 31.2 Å². The topological polar surface area (TPSA) is 67.6 Å². The quantitative estimate of drug-likeness (QED) is 0.827. The van der Waals surface area contributed by atoms with Crippen molar-refractivity contribution in [2.75, 3.05) is 13.1 Å². The summed E-state index contributed by atoms with van der Waals surface area (Å²) in [6.45, 7) is 0.491. The Morgan fingerprint density at radius 1 is 1.22 bits per heavy atom. The van der Waals surface area contributed by atoms with Crippen LogP contribution in [0.3, 0.4) is 0 Å². The number of sulfone groups is 1. The van der Waals surface area contributed by atoms with Crippen molar-refractivity contribution in [1.29, 1.82) is 0 Å². The van der Waals surface area contributed by atoms with Crippen molar-refractivity contribution in [1.82, 2.24) is 4.90 Å². The van der Waals surface area contributed by atoms with Crippen molar-refractivity contribution in [2.24, 2.45) is 0 Å². The Bertz CT molecular complexity index is 778. The summed E-state index contributed by atoms with van der Waals surface area (Å²) in [7, 11) is -3.30. The van der Waals surface area contributed by atoms with Crippen LogP contribution in [0.2, 0.25) is 5.02 Å². The smallest absolute Gasteiger partial charge is 0.227 e. The summed E-state index contributed by atoms with van der Waals surface area (Å²) in [4.78, 5) is 13.7. The second-order valence-corrected chi connectivity index (χ2v) is 8.33. The second kappa shape index (κ2) is 6.37. The van der Waals surface area contributed by atoms with Crippen LogP contribution in [0.1, 0.15) is 11.3 Å². The summed E-state index contributed by atoms with van der Waals surface area (Å²) < 4.78 is 29.5. The third-order valence-corrected chi connectivity index (χ3v) is 6.15. The molecule has 0 spiro atoms. The Hall–Kier alpha value is -1.79. The molecule has 1 aromatic heterocycles. The third-order valence-electron chi connectivity index (χ3n) is 3.90. The van der Waals surface area contributed by atoms with Crippen LogP contribution in [-0.2, 0) is 26.8 Å². The Labute approximate surface area is 139 Å². The molecule has 122 valence electrons. The first kappa shape index (κ1) is 16.1. The molecule has 5 nitrogen and oxygen atoms in total. The minimum atomic E-state index is -3.30. The zero-order valence-electron chi connectivity index (χ0n) is 12.3. The first-order chi connectivity index (χ1) is 10.9. The molecule has 3 rings (SSSR count). The number of hydrogen-bond donors (Lipinski definition) is 0. The molecule has 0 aliphatic carbocycles. The summed E-state index contributed by atoms with van der Waals surface area (Å²) in [5.74, 6) is 0.233. The van der Waals surface area contributed by atoms with Crippen molar-refractivity contribution in [3.05, 3.63) is 59.0 Å². The maximum absolute atomic E-state index is 12.2. The van der Waals surface area contributed by atoms with Gasteiger partial charge in [-0.3, -0.25) is 4.79 Å². The Morgan fingerprint density at radius 3 is 2.52 bits per heavy atom. The fourth-order valence-corrected chi connectivity index (χ4v) is 4.21. The van der Waals surface area contributed by atoms with E-state index in [0.717, 1.165) is 5.56 Å². The maximum Gasteiger partial charge on any atom is 0.227 e. The summed E-state index contributed by atoms with van der Waals surface area (Å²) >= 11 is 5.81. The van der Waals surface area contributed by atoms with E-state index >= 15 is 0 Å². The zero-order valence-corrected chi connectivity index (χ0v) is 13.9. The molecule has 1 saturated heterocycles. The molecule has 2 heterocycles. The van der Waals surface area contributed by atoms with Gasteiger partial charge >= 0.3 is 0 Å². The number of amides is 1. The summed E-state index contributed by atoms with van der Waals surface area (Å²) in [5, 5.41) is 0.107. The van der Waals surface area contributed by atoms with Gasteiger partial charge in [0.2, 0.25) is 5.91 Å². The number of halogens is 1. The van der Waals surface area contributed by atoms with E-state index in [9.17, 15) is 13.2 Å². The zero-order chi connectivity index (χ0) is 16.4. The van der Waals surface area contributed by atoms with Gasteiger partial charge in [0.1, 0.15) is 11.5 Å². The summed E-state index contributed by atoms with van der Waals surface area (Å²) in [5.41, 5.74) is 0.862. The summed E-state index contributed by atoms with van der Waals surface area (Å²) in [6.07, 6.45) is 1.70. The Balaban J connectivity index is 1.53. The molecule has 0 saturated carbocycles. The number of furan rings is 1. The molecule has 0 unspecified atom stereocenters. The monoisotopic (exact) mass is 353 g/mol. The fourth-order valence-electron chi connectivity index (χ4n) is 2.47. The van der Waals surface area contributed by atoms with Crippen molar-refractivity contribution in [2.45, 2.75) is 17.4 Å². The Morgan fingerprint density at radius 2 is 1.91 bits per heavy atom. The predicted octanol–water partition coefficient (Wildman–Crippen LogP) is 2.30. The number of carbonyl (C=O) groups is 1. The van der Waals surface area contributed by atoms with E-state index < -0.39 is 15.1 Å². The third kappa shape index (κ3) is 3.76. The molecule has 1 amide bonds. The summed E-state index contributed by atoms with van der Waals surface area (Å²) in [6, 6.07) is 10.4. The average molecular weight is 354 g/mol. The fraction of sp³-hybridized carbons (Fsp3) is 0.312. The van der Waals surface area contributed by atoms with Crippen LogP contribution >= 0.6 is 11.6 Å². The van der Waals surface area contributed by atoms with Crippen LogP contribution < -0.4 is 0 Å². The molecule has 0 bridgehead atoms. The Kier molecular flexibility index (Phi) is 4.46. The van der Waals surface area contributed by atoms with Gasteiger partial charge in [0.05, 0.1) is 17.9 Å². The first-order valence-corrected chi connectivity index (χ1v) is 9.29. The predicted molar refractivity (Wildman–Crippen MR) is 86.9 cm³/mol. The van der Waals surface area contributed by atoms with Crippen LogP contribution in [-0.4, -0.2) is 37.6 Å². The van der Waals surface area contributed by atoms with E-state index in [1.807, 2.05) is 0 Å². The normalized spacial score (nSPS) is 15.4. The van der Waals surface area contributed by atoms with Crippen LogP contribution in [0.15, 0.2) is 47.1 Å². The van der Waals surface area contributed by atoms with Gasteiger partial charge in [0.25, 0.3) is 0 Å². The lowest BCUT2D eigenvalue weighted by molar-refractivity contribution is -0.133. The van der Waals surface area contributed by atoms with E-state index in [4.69, 9.17) is 16.0 Å². The van der Waals surface area contributed by atoms with Crippen LogP contribution in [0.25, 0.3) is 0 Å². The lowest BCUT2D eigenvalue weighted by Gasteiger charge is -2.38. The molecular formula is C16H16ClNO4S. The minimum absolute atomic E-state index is 0.0724.